The highest BCUT2D eigenvalue weighted by Crippen LogP contribution is 2.67. The van der Waals surface area contributed by atoms with Gasteiger partial charge in [-0.1, -0.05) is 5.73 Å². The van der Waals surface area contributed by atoms with Crippen molar-refractivity contribution in [3.05, 3.63) is 30.9 Å². The Morgan fingerprint density at radius 2 is 1.93 bits per heavy atom. The van der Waals surface area contributed by atoms with Crippen LogP contribution in [0.15, 0.2) is 17.1 Å². The van der Waals surface area contributed by atoms with Crippen LogP contribution in [0.5, 0.6) is 0 Å². The Bertz CT molecular complexity index is 965. The van der Waals surface area contributed by atoms with Gasteiger partial charge >= 0.3 is 0 Å². The maximum absolute atomic E-state index is 16.5. The minimum atomic E-state index is -2.88. The second kappa shape index (κ2) is 5.30. The van der Waals surface area contributed by atoms with Crippen molar-refractivity contribution in [2.24, 2.45) is 22.7 Å². The summed E-state index contributed by atoms with van der Waals surface area (Å²) in [6, 6.07) is 0. The molecular weight excluding hydrogens is 367 g/mol. The number of hydrogen-bond acceptors (Lipinski definition) is 5. The van der Waals surface area contributed by atoms with Gasteiger partial charge in [-0.15, -0.1) is 0 Å². The van der Waals surface area contributed by atoms with E-state index in [1.807, 2.05) is 0 Å². The SMILES string of the molecule is [CH2+][C@]12C#CC(O)=C=C1CC[C@H]1[C@@H]3CC(=O)[C@]([O])(C(=O)CO)[C@@]3([CH2+])CC(=O)[C@@]12F. The van der Waals surface area contributed by atoms with Crippen LogP contribution < -0.4 is 0 Å². The van der Waals surface area contributed by atoms with Crippen LogP contribution in [0.3, 0.4) is 0 Å². The van der Waals surface area contributed by atoms with Crippen LogP contribution in [0.2, 0.25) is 0 Å². The van der Waals surface area contributed by atoms with E-state index in [1.165, 1.54) is 0 Å². The van der Waals surface area contributed by atoms with E-state index in [4.69, 9.17) is 0 Å². The van der Waals surface area contributed by atoms with E-state index in [0.717, 1.165) is 0 Å². The standard InChI is InChI=1S/C21H17FO6/c1-18-6-5-12(24)7-11(18)3-4-13-14-8-15(25)21(28,17(27)10-23)19(14,2)9-16(26)20(13,18)22/h13-14,23H,1-4,8-10H2/q+1/p+1/t13-,14-,18-,19-,20-,21-/m0/s1. The van der Waals surface area contributed by atoms with Gasteiger partial charge in [0.05, 0.1) is 20.3 Å². The van der Waals surface area contributed by atoms with Crippen LogP contribution in [0, 0.1) is 48.4 Å². The molecule has 4 aliphatic carbocycles. The molecule has 0 spiro atoms. The Hall–Kier alpha value is -2.52. The zero-order valence-corrected chi connectivity index (χ0v) is 15.0. The lowest BCUT2D eigenvalue weighted by Crippen LogP contribution is -2.68. The predicted molar refractivity (Wildman–Crippen MR) is 91.3 cm³/mol. The van der Waals surface area contributed by atoms with Crippen molar-refractivity contribution in [2.45, 2.75) is 37.0 Å². The van der Waals surface area contributed by atoms with Crippen LogP contribution in [0.25, 0.3) is 0 Å². The number of Topliss-reactive ketones (excluding diaryl/α,β-unsaturated/α-hetero) is 3. The lowest BCUT2D eigenvalue weighted by molar-refractivity contribution is -0.187. The number of fused-ring (bicyclic) bond motifs is 5. The summed E-state index contributed by atoms with van der Waals surface area (Å²) in [6.45, 7) is 6.50. The van der Waals surface area contributed by atoms with E-state index in [9.17, 15) is 29.7 Å². The fourth-order valence-electron chi connectivity index (χ4n) is 5.67. The molecular formula is C21H18FO6+2. The summed E-state index contributed by atoms with van der Waals surface area (Å²) in [6.07, 6.45) is -0.818. The van der Waals surface area contributed by atoms with Gasteiger partial charge in [0.25, 0.3) is 5.60 Å². The predicted octanol–water partition coefficient (Wildman–Crippen LogP) is 1.02. The minimum Gasteiger partial charge on any atom is -0.495 e. The summed E-state index contributed by atoms with van der Waals surface area (Å²) in [5.74, 6) is -0.765. The fourth-order valence-corrected chi connectivity index (χ4v) is 5.67. The molecule has 0 aliphatic heterocycles. The smallest absolute Gasteiger partial charge is 0.266 e. The lowest BCUT2D eigenvalue weighted by atomic mass is 9.45. The van der Waals surface area contributed by atoms with Gasteiger partial charge in [0.15, 0.2) is 17.0 Å². The molecule has 6 nitrogen and oxygen atoms in total. The van der Waals surface area contributed by atoms with Gasteiger partial charge in [0.1, 0.15) is 6.61 Å². The first-order valence-corrected chi connectivity index (χ1v) is 9.00. The molecule has 0 unspecified atom stereocenters. The number of carbonyl (C=O) groups excluding carboxylic acids is 3. The van der Waals surface area contributed by atoms with Crippen LogP contribution >= 0.6 is 0 Å². The highest BCUT2D eigenvalue weighted by atomic mass is 19.1. The molecule has 3 saturated carbocycles. The van der Waals surface area contributed by atoms with E-state index >= 15 is 4.39 Å². The monoisotopic (exact) mass is 385 g/mol. The quantitative estimate of drug-likeness (QED) is 0.319. The second-order valence-electron chi connectivity index (χ2n) is 8.22. The molecule has 143 valence electrons. The lowest BCUT2D eigenvalue weighted by Gasteiger charge is -2.52. The van der Waals surface area contributed by atoms with Gasteiger partial charge < -0.3 is 10.2 Å². The third kappa shape index (κ3) is 1.79. The molecule has 1 radical (unpaired) electrons. The van der Waals surface area contributed by atoms with Crippen molar-refractivity contribution in [1.82, 2.24) is 0 Å². The van der Waals surface area contributed by atoms with Gasteiger partial charge in [-0.2, -0.15) is 0 Å². The molecule has 0 amide bonds. The topological polar surface area (TPSA) is 112 Å². The first-order chi connectivity index (χ1) is 13.0. The van der Waals surface area contributed by atoms with E-state index < -0.39 is 70.7 Å². The van der Waals surface area contributed by atoms with E-state index in [0.29, 0.717) is 0 Å². The van der Waals surface area contributed by atoms with Gasteiger partial charge in [0, 0.05) is 23.8 Å². The van der Waals surface area contributed by atoms with Crippen LogP contribution in [-0.4, -0.2) is 45.4 Å². The summed E-state index contributed by atoms with van der Waals surface area (Å²) in [7, 11) is 0. The zero-order chi connectivity index (χ0) is 20.7. The molecule has 0 bridgehead atoms. The van der Waals surface area contributed by atoms with E-state index in [-0.39, 0.29) is 24.2 Å². The summed E-state index contributed by atoms with van der Waals surface area (Å²) in [5.41, 5.74) is -6.30. The Labute approximate surface area is 161 Å². The van der Waals surface area contributed by atoms with Crippen molar-refractivity contribution in [3.8, 4) is 11.8 Å². The molecule has 4 rings (SSSR count). The number of alkyl halides is 1. The number of halogens is 1. The summed E-state index contributed by atoms with van der Waals surface area (Å²) < 4.78 is 16.5. The molecule has 7 heteroatoms. The summed E-state index contributed by atoms with van der Waals surface area (Å²) in [4.78, 5) is 37.8. The van der Waals surface area contributed by atoms with Crippen molar-refractivity contribution in [1.29, 1.82) is 0 Å². The van der Waals surface area contributed by atoms with E-state index in [1.54, 1.807) is 0 Å². The van der Waals surface area contributed by atoms with Crippen LogP contribution in [0.1, 0.15) is 25.7 Å². The third-order valence-corrected chi connectivity index (χ3v) is 7.13. The van der Waals surface area contributed by atoms with Crippen molar-refractivity contribution in [2.75, 3.05) is 6.61 Å². The first kappa shape index (κ1) is 18.8. The van der Waals surface area contributed by atoms with Crippen LogP contribution in [0.4, 0.5) is 4.39 Å². The van der Waals surface area contributed by atoms with Gasteiger partial charge in [0.2, 0.25) is 22.6 Å². The molecule has 0 aromatic rings. The van der Waals surface area contributed by atoms with Crippen molar-refractivity contribution < 1.29 is 34.1 Å². The van der Waals surface area contributed by atoms with Gasteiger partial charge in [-0.25, -0.2) is 9.50 Å². The van der Waals surface area contributed by atoms with Crippen molar-refractivity contribution in [3.63, 3.8) is 0 Å². The average Bonchev–Trinajstić information content (AvgIpc) is 2.84. The molecule has 28 heavy (non-hydrogen) atoms. The normalized spacial score (nSPS) is 46.4. The van der Waals surface area contributed by atoms with Crippen LogP contribution in [-0.2, 0) is 19.5 Å². The highest BCUT2D eigenvalue weighted by molar-refractivity contribution is 6.14. The number of allylic oxidation sites excluding steroid dienone is 1. The first-order valence-electron chi connectivity index (χ1n) is 9.00. The highest BCUT2D eigenvalue weighted by Gasteiger charge is 2.83. The zero-order valence-electron chi connectivity index (χ0n) is 15.0. The number of rotatable bonds is 2. The molecule has 3 fully saturated rings. The Morgan fingerprint density at radius 1 is 1.25 bits per heavy atom. The number of aliphatic hydroxyl groups is 2. The summed E-state index contributed by atoms with van der Waals surface area (Å²) >= 11 is 0. The number of ketones is 3. The maximum atomic E-state index is 16.5. The number of hydrogen-bond donors (Lipinski definition) is 2. The Kier molecular flexibility index (Phi) is 3.56. The number of carbonyl (C=O) groups is 3. The molecule has 4 aliphatic rings. The minimum absolute atomic E-state index is 0.0927. The Balaban J connectivity index is 1.88. The van der Waals surface area contributed by atoms with Gasteiger partial charge in [-0.05, 0) is 24.7 Å². The summed E-state index contributed by atoms with van der Waals surface area (Å²) in [5, 5.41) is 32.1. The molecule has 0 saturated heterocycles. The third-order valence-electron chi connectivity index (χ3n) is 7.13. The largest absolute Gasteiger partial charge is 0.495 e. The second-order valence-corrected chi connectivity index (χ2v) is 8.22. The molecule has 2 N–H and O–H groups in total. The van der Waals surface area contributed by atoms with Gasteiger partial charge in [-0.3, -0.25) is 14.4 Å². The molecule has 0 aromatic heterocycles. The maximum Gasteiger partial charge on any atom is 0.266 e. The molecule has 0 aromatic carbocycles. The van der Waals surface area contributed by atoms with E-state index in [2.05, 4.69) is 31.4 Å². The Morgan fingerprint density at radius 3 is 2.57 bits per heavy atom. The fraction of sp³-hybridized carbons (Fsp3) is 0.524. The number of aliphatic hydroxyl groups excluding tert-OH is 2. The average molecular weight is 385 g/mol. The van der Waals surface area contributed by atoms with Crippen molar-refractivity contribution >= 4 is 17.3 Å². The molecule has 0 heterocycles. The molecule has 6 atom stereocenters.